The molecule has 3 atom stereocenters. The summed E-state index contributed by atoms with van der Waals surface area (Å²) >= 11 is 0. The van der Waals surface area contributed by atoms with Crippen LogP contribution in [-0.2, 0) is 14.8 Å². The van der Waals surface area contributed by atoms with E-state index in [1.54, 1.807) is 48.0 Å². The SMILES string of the molecule is C[C@H](CO)N1C[C@H](C)[C@@H](CN(C)C(=O)CN(C)C)Oc2cc(C#Cc3ccc(F)cc3)ccc2S1(=O)=O. The number of sulfonamides is 1. The van der Waals surface area contributed by atoms with Crippen molar-refractivity contribution in [2.45, 2.75) is 30.9 Å². The molecule has 1 amide bonds. The summed E-state index contributed by atoms with van der Waals surface area (Å²) in [5, 5.41) is 9.79. The first kappa shape index (κ1) is 28.6. The molecular formula is C27H34FN3O5S. The van der Waals surface area contributed by atoms with Crippen molar-refractivity contribution >= 4 is 15.9 Å². The number of hydrogen-bond acceptors (Lipinski definition) is 6. The molecule has 1 aliphatic heterocycles. The van der Waals surface area contributed by atoms with Gasteiger partial charge in [0.1, 0.15) is 22.6 Å². The average Bonchev–Trinajstić information content (AvgIpc) is 2.84. The van der Waals surface area contributed by atoms with Crippen molar-refractivity contribution < 1.29 is 27.4 Å². The number of fused-ring (bicyclic) bond motifs is 1. The van der Waals surface area contributed by atoms with Gasteiger partial charge < -0.3 is 19.6 Å². The molecule has 2 aromatic rings. The minimum Gasteiger partial charge on any atom is -0.487 e. The Morgan fingerprint density at radius 3 is 2.41 bits per heavy atom. The van der Waals surface area contributed by atoms with E-state index in [-0.39, 0.29) is 54.5 Å². The molecular weight excluding hydrogens is 497 g/mol. The third-order valence-corrected chi connectivity index (χ3v) is 8.21. The highest BCUT2D eigenvalue weighted by molar-refractivity contribution is 7.89. The van der Waals surface area contributed by atoms with Crippen LogP contribution in [-0.4, -0.2) is 93.1 Å². The molecule has 2 aromatic carbocycles. The van der Waals surface area contributed by atoms with Crippen molar-refractivity contribution in [3.05, 3.63) is 59.4 Å². The zero-order valence-corrected chi connectivity index (χ0v) is 22.6. The number of halogens is 1. The molecule has 10 heteroatoms. The Morgan fingerprint density at radius 2 is 1.78 bits per heavy atom. The van der Waals surface area contributed by atoms with Gasteiger partial charge in [-0.15, -0.1) is 0 Å². The van der Waals surface area contributed by atoms with Crippen molar-refractivity contribution in [3.8, 4) is 17.6 Å². The van der Waals surface area contributed by atoms with Gasteiger partial charge in [-0.05, 0) is 63.5 Å². The highest BCUT2D eigenvalue weighted by Gasteiger charge is 2.38. The maximum atomic E-state index is 13.6. The zero-order chi connectivity index (χ0) is 27.3. The van der Waals surface area contributed by atoms with Gasteiger partial charge >= 0.3 is 0 Å². The summed E-state index contributed by atoms with van der Waals surface area (Å²) in [4.78, 5) is 15.9. The zero-order valence-electron chi connectivity index (χ0n) is 21.8. The Balaban J connectivity index is 2.03. The number of rotatable bonds is 6. The lowest BCUT2D eigenvalue weighted by Gasteiger charge is -2.37. The van der Waals surface area contributed by atoms with E-state index in [1.165, 1.54) is 22.5 Å². The number of amides is 1. The molecule has 0 unspecified atom stereocenters. The Morgan fingerprint density at radius 1 is 1.16 bits per heavy atom. The molecule has 0 saturated carbocycles. The number of hydrogen-bond donors (Lipinski definition) is 1. The molecule has 1 aliphatic rings. The summed E-state index contributed by atoms with van der Waals surface area (Å²) < 4.78 is 48.0. The summed E-state index contributed by atoms with van der Waals surface area (Å²) in [6.07, 6.45) is -0.515. The molecule has 0 bridgehead atoms. The van der Waals surface area contributed by atoms with E-state index in [9.17, 15) is 22.7 Å². The number of aliphatic hydroxyl groups excluding tert-OH is 1. The lowest BCUT2D eigenvalue weighted by atomic mass is 10.0. The Hall–Kier alpha value is -2.97. The molecule has 0 aromatic heterocycles. The summed E-state index contributed by atoms with van der Waals surface area (Å²) in [5.41, 5.74) is 1.13. The summed E-state index contributed by atoms with van der Waals surface area (Å²) in [6, 6.07) is 9.71. The topological polar surface area (TPSA) is 90.4 Å². The van der Waals surface area contributed by atoms with Gasteiger partial charge in [0.15, 0.2) is 0 Å². The second kappa shape index (κ2) is 12.0. The smallest absolute Gasteiger partial charge is 0.247 e. The fourth-order valence-corrected chi connectivity index (χ4v) is 5.79. The van der Waals surface area contributed by atoms with Gasteiger partial charge in [0.05, 0.1) is 19.7 Å². The molecule has 37 heavy (non-hydrogen) atoms. The van der Waals surface area contributed by atoms with Gasteiger partial charge in [-0.1, -0.05) is 18.8 Å². The van der Waals surface area contributed by atoms with Crippen LogP contribution < -0.4 is 4.74 Å². The van der Waals surface area contributed by atoms with Gasteiger partial charge in [0.25, 0.3) is 0 Å². The largest absolute Gasteiger partial charge is 0.487 e. The van der Waals surface area contributed by atoms with Crippen molar-refractivity contribution in [1.82, 2.24) is 14.1 Å². The molecule has 1 heterocycles. The van der Waals surface area contributed by atoms with Crippen LogP contribution in [0.1, 0.15) is 25.0 Å². The van der Waals surface area contributed by atoms with E-state index in [1.807, 2.05) is 21.0 Å². The minimum atomic E-state index is -3.99. The first-order chi connectivity index (χ1) is 17.4. The fraction of sp³-hybridized carbons (Fsp3) is 0.444. The first-order valence-electron chi connectivity index (χ1n) is 12.0. The predicted octanol–water partition coefficient (Wildman–Crippen LogP) is 2.01. The van der Waals surface area contributed by atoms with E-state index in [4.69, 9.17) is 4.74 Å². The van der Waals surface area contributed by atoms with E-state index >= 15 is 0 Å². The quantitative estimate of drug-likeness (QED) is 0.574. The summed E-state index contributed by atoms with van der Waals surface area (Å²) in [6.45, 7) is 3.78. The molecule has 1 N–H and O–H groups in total. The molecule has 3 rings (SSSR count). The third-order valence-electron chi connectivity index (χ3n) is 6.19. The van der Waals surface area contributed by atoms with Crippen molar-refractivity contribution in [1.29, 1.82) is 0 Å². The van der Waals surface area contributed by atoms with Crippen LogP contribution in [0.3, 0.4) is 0 Å². The van der Waals surface area contributed by atoms with Crippen molar-refractivity contribution in [2.24, 2.45) is 5.92 Å². The van der Waals surface area contributed by atoms with Crippen LogP contribution in [0.4, 0.5) is 4.39 Å². The third kappa shape index (κ3) is 7.08. The number of aliphatic hydroxyl groups is 1. The molecule has 8 nitrogen and oxygen atoms in total. The highest BCUT2D eigenvalue weighted by Crippen LogP contribution is 2.34. The van der Waals surface area contributed by atoms with Gasteiger partial charge in [0, 0.05) is 36.7 Å². The standard InChI is InChI=1S/C27H34FN3O5S/c1-19-15-31(20(2)18-32)37(34,35)26-13-10-22(7-6-21-8-11-23(28)12-9-21)14-24(26)36-25(19)16-30(5)27(33)17-29(3)4/h8-14,19-20,25,32H,15-18H2,1-5H3/t19-,20+,25+/m0/s1. The van der Waals surface area contributed by atoms with Gasteiger partial charge in [0.2, 0.25) is 15.9 Å². The molecule has 0 saturated heterocycles. The van der Waals surface area contributed by atoms with E-state index < -0.39 is 22.2 Å². The van der Waals surface area contributed by atoms with Gasteiger partial charge in [-0.25, -0.2) is 12.8 Å². The Bertz CT molecular complexity index is 1270. The summed E-state index contributed by atoms with van der Waals surface area (Å²) in [5.74, 6) is 5.31. The molecule has 0 spiro atoms. The van der Waals surface area contributed by atoms with E-state index in [0.717, 1.165) is 0 Å². The first-order valence-corrected chi connectivity index (χ1v) is 13.5. The maximum Gasteiger partial charge on any atom is 0.247 e. The minimum absolute atomic E-state index is 0.0284. The van der Waals surface area contributed by atoms with Crippen LogP contribution in [0.5, 0.6) is 5.75 Å². The normalized spacial score (nSPS) is 20.0. The maximum absolute atomic E-state index is 13.6. The highest BCUT2D eigenvalue weighted by atomic mass is 32.2. The fourth-order valence-electron chi connectivity index (χ4n) is 3.96. The van der Waals surface area contributed by atoms with Gasteiger partial charge in [-0.3, -0.25) is 4.79 Å². The number of likely N-dealkylation sites (N-methyl/N-ethyl adjacent to an activating group) is 2. The van der Waals surface area contributed by atoms with E-state index in [0.29, 0.717) is 11.1 Å². The van der Waals surface area contributed by atoms with Crippen LogP contribution in [0.25, 0.3) is 0 Å². The van der Waals surface area contributed by atoms with Crippen LogP contribution in [0.2, 0.25) is 0 Å². The molecule has 0 aliphatic carbocycles. The molecule has 0 radical (unpaired) electrons. The number of ether oxygens (including phenoxy) is 1. The lowest BCUT2D eigenvalue weighted by molar-refractivity contribution is -0.132. The second-order valence-corrected chi connectivity index (χ2v) is 11.5. The number of carbonyl (C=O) groups excluding carboxylic acids is 1. The number of benzene rings is 2. The average molecular weight is 532 g/mol. The number of carbonyl (C=O) groups is 1. The molecule has 0 fully saturated rings. The Labute approximate surface area is 218 Å². The van der Waals surface area contributed by atoms with Crippen LogP contribution in [0, 0.1) is 23.6 Å². The monoisotopic (exact) mass is 531 g/mol. The van der Waals surface area contributed by atoms with Crippen molar-refractivity contribution in [2.75, 3.05) is 47.4 Å². The van der Waals surface area contributed by atoms with Crippen LogP contribution >= 0.6 is 0 Å². The van der Waals surface area contributed by atoms with Gasteiger partial charge in [-0.2, -0.15) is 4.31 Å². The molecule has 200 valence electrons. The van der Waals surface area contributed by atoms with E-state index in [2.05, 4.69) is 11.8 Å². The number of nitrogens with zero attached hydrogens (tertiary/aromatic N) is 3. The predicted molar refractivity (Wildman–Crippen MR) is 139 cm³/mol. The van der Waals surface area contributed by atoms with Crippen molar-refractivity contribution in [3.63, 3.8) is 0 Å². The van der Waals surface area contributed by atoms with Crippen LogP contribution in [0.15, 0.2) is 47.4 Å². The lowest BCUT2D eigenvalue weighted by Crippen LogP contribution is -2.50. The Kier molecular flexibility index (Phi) is 9.31. The second-order valence-electron chi connectivity index (χ2n) is 9.67. The summed E-state index contributed by atoms with van der Waals surface area (Å²) in [7, 11) is 1.32.